The molecule has 1 N–H and O–H groups in total. The lowest BCUT2D eigenvalue weighted by molar-refractivity contribution is 0.583. The summed E-state index contributed by atoms with van der Waals surface area (Å²) in [6.45, 7) is 3.62. The summed E-state index contributed by atoms with van der Waals surface area (Å²) in [5.74, 6) is 0.171. The van der Waals surface area contributed by atoms with E-state index in [1.54, 1.807) is 24.3 Å². The Labute approximate surface area is 111 Å². The molecular formula is C14H23NO2S. The fraction of sp³-hybridized carbons (Fsp3) is 0.571. The van der Waals surface area contributed by atoms with Gasteiger partial charge in [-0.3, -0.25) is 0 Å². The van der Waals surface area contributed by atoms with Gasteiger partial charge in [0.2, 0.25) is 0 Å². The molecule has 0 amide bonds. The van der Waals surface area contributed by atoms with Crippen LogP contribution in [0, 0.1) is 0 Å². The summed E-state index contributed by atoms with van der Waals surface area (Å²) in [7, 11) is -3.12. The normalized spacial score (nSPS) is 11.6. The Morgan fingerprint density at radius 2 is 1.72 bits per heavy atom. The number of sulfone groups is 1. The highest BCUT2D eigenvalue weighted by molar-refractivity contribution is 7.91. The molecule has 0 fully saturated rings. The Morgan fingerprint density at radius 3 is 2.39 bits per heavy atom. The second-order valence-corrected chi connectivity index (χ2v) is 6.55. The molecule has 0 saturated carbocycles. The number of nitrogens with one attached hydrogen (secondary N) is 1. The van der Waals surface area contributed by atoms with Crippen molar-refractivity contribution in [2.24, 2.45) is 0 Å². The maximum Gasteiger partial charge on any atom is 0.179 e. The molecule has 3 nitrogen and oxygen atoms in total. The van der Waals surface area contributed by atoms with Crippen molar-refractivity contribution in [3.63, 3.8) is 0 Å². The van der Waals surface area contributed by atoms with Crippen LogP contribution in [0.25, 0.3) is 0 Å². The van der Waals surface area contributed by atoms with E-state index in [0.717, 1.165) is 13.0 Å². The minimum absolute atomic E-state index is 0.171. The Hall–Kier alpha value is -0.870. The molecule has 0 bridgehead atoms. The van der Waals surface area contributed by atoms with E-state index in [2.05, 4.69) is 12.2 Å². The van der Waals surface area contributed by atoms with Gasteiger partial charge in [-0.2, -0.15) is 0 Å². The Kier molecular flexibility index (Phi) is 6.98. The van der Waals surface area contributed by atoms with Crippen molar-refractivity contribution in [3.8, 4) is 0 Å². The number of unbranched alkanes of at least 4 members (excludes halogenated alkanes) is 3. The molecule has 0 aromatic heterocycles. The van der Waals surface area contributed by atoms with Crippen LogP contribution >= 0.6 is 0 Å². The van der Waals surface area contributed by atoms with E-state index in [4.69, 9.17) is 0 Å². The Bertz CT molecular complexity index is 415. The van der Waals surface area contributed by atoms with Gasteiger partial charge >= 0.3 is 0 Å². The molecule has 0 spiro atoms. The van der Waals surface area contributed by atoms with Crippen LogP contribution in [-0.2, 0) is 9.84 Å². The third-order valence-electron chi connectivity index (χ3n) is 2.86. The molecule has 18 heavy (non-hydrogen) atoms. The maximum atomic E-state index is 11.9. The summed E-state index contributed by atoms with van der Waals surface area (Å²) < 4.78 is 23.9. The lowest BCUT2D eigenvalue weighted by Crippen LogP contribution is -2.24. The van der Waals surface area contributed by atoms with Crippen LogP contribution in [0.4, 0.5) is 0 Å². The first-order valence-electron chi connectivity index (χ1n) is 6.65. The summed E-state index contributed by atoms with van der Waals surface area (Å²) in [5, 5.41) is 3.19. The van der Waals surface area contributed by atoms with Crippen molar-refractivity contribution in [2.75, 3.05) is 18.8 Å². The van der Waals surface area contributed by atoms with Crippen LogP contribution in [0.2, 0.25) is 0 Å². The lowest BCUT2D eigenvalue weighted by Gasteiger charge is -2.06. The van der Waals surface area contributed by atoms with Crippen molar-refractivity contribution < 1.29 is 8.42 Å². The predicted molar refractivity (Wildman–Crippen MR) is 75.5 cm³/mol. The summed E-state index contributed by atoms with van der Waals surface area (Å²) in [5.41, 5.74) is 0. The molecule has 0 aliphatic carbocycles. The number of benzene rings is 1. The topological polar surface area (TPSA) is 46.2 Å². The van der Waals surface area contributed by atoms with Gasteiger partial charge in [0.25, 0.3) is 0 Å². The van der Waals surface area contributed by atoms with Gasteiger partial charge in [-0.1, -0.05) is 44.4 Å². The van der Waals surface area contributed by atoms with E-state index in [0.29, 0.717) is 11.4 Å². The van der Waals surface area contributed by atoms with Crippen molar-refractivity contribution in [3.05, 3.63) is 30.3 Å². The zero-order chi connectivity index (χ0) is 13.3. The minimum atomic E-state index is -3.12. The largest absolute Gasteiger partial charge is 0.316 e. The van der Waals surface area contributed by atoms with Crippen LogP contribution < -0.4 is 5.32 Å². The number of hydrogen-bond donors (Lipinski definition) is 1. The number of rotatable bonds is 9. The van der Waals surface area contributed by atoms with Crippen molar-refractivity contribution in [1.82, 2.24) is 5.32 Å². The van der Waals surface area contributed by atoms with E-state index < -0.39 is 9.84 Å². The Balaban J connectivity index is 2.23. The Morgan fingerprint density at radius 1 is 1.00 bits per heavy atom. The summed E-state index contributed by atoms with van der Waals surface area (Å²) in [6, 6.07) is 8.63. The zero-order valence-corrected chi connectivity index (χ0v) is 11.9. The molecule has 0 unspecified atom stereocenters. The number of hydrogen-bond acceptors (Lipinski definition) is 3. The first kappa shape index (κ1) is 15.2. The quantitative estimate of drug-likeness (QED) is 0.701. The van der Waals surface area contributed by atoms with Crippen LogP contribution in [-0.4, -0.2) is 27.3 Å². The first-order valence-corrected chi connectivity index (χ1v) is 8.30. The SMILES string of the molecule is CCCCCCNCCS(=O)(=O)c1ccccc1. The standard InChI is InChI=1S/C14H23NO2S/c1-2-3-4-8-11-15-12-13-18(16,17)14-9-6-5-7-10-14/h5-7,9-10,15H,2-4,8,11-13H2,1H3. The highest BCUT2D eigenvalue weighted by Gasteiger charge is 2.12. The third kappa shape index (κ3) is 5.65. The van der Waals surface area contributed by atoms with E-state index in [1.165, 1.54) is 19.3 Å². The maximum absolute atomic E-state index is 11.9. The third-order valence-corrected chi connectivity index (χ3v) is 4.59. The fourth-order valence-electron chi connectivity index (χ4n) is 1.75. The highest BCUT2D eigenvalue weighted by Crippen LogP contribution is 2.09. The molecular weight excluding hydrogens is 246 g/mol. The van der Waals surface area contributed by atoms with Gasteiger partial charge in [0.15, 0.2) is 9.84 Å². The van der Waals surface area contributed by atoms with E-state index >= 15 is 0 Å². The first-order chi connectivity index (χ1) is 8.67. The van der Waals surface area contributed by atoms with Crippen LogP contribution in [0.5, 0.6) is 0 Å². The van der Waals surface area contributed by atoms with E-state index in [9.17, 15) is 8.42 Å². The van der Waals surface area contributed by atoms with Gasteiger partial charge in [-0.25, -0.2) is 8.42 Å². The average Bonchev–Trinajstić information content (AvgIpc) is 2.39. The van der Waals surface area contributed by atoms with Crippen molar-refractivity contribution >= 4 is 9.84 Å². The molecule has 4 heteroatoms. The molecule has 102 valence electrons. The smallest absolute Gasteiger partial charge is 0.179 e. The van der Waals surface area contributed by atoms with E-state index in [1.807, 2.05) is 6.07 Å². The molecule has 1 aromatic rings. The highest BCUT2D eigenvalue weighted by atomic mass is 32.2. The van der Waals surface area contributed by atoms with E-state index in [-0.39, 0.29) is 5.75 Å². The monoisotopic (exact) mass is 269 g/mol. The molecule has 0 atom stereocenters. The van der Waals surface area contributed by atoms with Gasteiger partial charge in [-0.05, 0) is 25.1 Å². The van der Waals surface area contributed by atoms with Gasteiger partial charge in [0.1, 0.15) is 0 Å². The molecule has 1 aromatic carbocycles. The lowest BCUT2D eigenvalue weighted by atomic mass is 10.2. The second kappa shape index (κ2) is 8.27. The molecule has 0 aliphatic heterocycles. The molecule has 0 heterocycles. The molecule has 1 rings (SSSR count). The van der Waals surface area contributed by atoms with Crippen molar-refractivity contribution in [1.29, 1.82) is 0 Å². The predicted octanol–water partition coefficient (Wildman–Crippen LogP) is 2.63. The summed E-state index contributed by atoms with van der Waals surface area (Å²) in [4.78, 5) is 0.415. The second-order valence-electron chi connectivity index (χ2n) is 4.44. The fourth-order valence-corrected chi connectivity index (χ4v) is 2.97. The van der Waals surface area contributed by atoms with Crippen LogP contribution in [0.1, 0.15) is 32.6 Å². The zero-order valence-electron chi connectivity index (χ0n) is 11.1. The summed E-state index contributed by atoms with van der Waals surface area (Å²) in [6.07, 6.45) is 4.82. The molecule has 0 saturated heterocycles. The summed E-state index contributed by atoms with van der Waals surface area (Å²) >= 11 is 0. The van der Waals surface area contributed by atoms with Crippen LogP contribution in [0.3, 0.4) is 0 Å². The van der Waals surface area contributed by atoms with Gasteiger partial charge in [0, 0.05) is 6.54 Å². The molecule has 0 radical (unpaired) electrons. The average molecular weight is 269 g/mol. The van der Waals surface area contributed by atoms with Gasteiger partial charge < -0.3 is 5.32 Å². The van der Waals surface area contributed by atoms with Crippen LogP contribution in [0.15, 0.2) is 35.2 Å². The van der Waals surface area contributed by atoms with Crippen molar-refractivity contribution in [2.45, 2.75) is 37.5 Å². The molecule has 0 aliphatic rings. The van der Waals surface area contributed by atoms with Gasteiger partial charge in [0.05, 0.1) is 10.6 Å². The minimum Gasteiger partial charge on any atom is -0.316 e. The van der Waals surface area contributed by atoms with Gasteiger partial charge in [-0.15, -0.1) is 0 Å².